The molecule has 0 atom stereocenters. The molecule has 0 spiro atoms. The number of benzene rings is 3. The van der Waals surface area contributed by atoms with Crippen LogP contribution in [0.2, 0.25) is 0 Å². The van der Waals surface area contributed by atoms with Gasteiger partial charge in [-0.1, -0.05) is 36.4 Å². The summed E-state index contributed by atoms with van der Waals surface area (Å²) in [5, 5.41) is 8.24. The molecule has 0 aliphatic carbocycles. The predicted molar refractivity (Wildman–Crippen MR) is 108 cm³/mol. The number of nitrogens with one attached hydrogen (secondary N) is 2. The van der Waals surface area contributed by atoms with Crippen LogP contribution in [-0.4, -0.2) is 32.2 Å². The van der Waals surface area contributed by atoms with Crippen molar-refractivity contribution in [2.24, 2.45) is 5.10 Å². The van der Waals surface area contributed by atoms with Crippen molar-refractivity contribution in [2.75, 3.05) is 19.5 Å². The average Bonchev–Trinajstić information content (AvgIpc) is 2.74. The maximum absolute atomic E-state index is 12.2. The number of ether oxygens (including phenoxy) is 2. The van der Waals surface area contributed by atoms with Crippen LogP contribution in [0.15, 0.2) is 65.8 Å². The molecule has 0 aliphatic rings. The van der Waals surface area contributed by atoms with E-state index in [9.17, 15) is 9.59 Å². The standard InChI is InChI=1S/C21H19N3O4/c1-27-16-11-10-15(19(12-16)28-2)13-22-24-21(26)20(25)23-18-9-5-7-14-6-3-4-8-17(14)18/h3-13H,1-2H3,(H,23,25)(H,24,26)/b22-13-. The van der Waals surface area contributed by atoms with Gasteiger partial charge < -0.3 is 14.8 Å². The Hall–Kier alpha value is -3.87. The molecule has 0 aromatic heterocycles. The predicted octanol–water partition coefficient (Wildman–Crippen LogP) is 2.95. The van der Waals surface area contributed by atoms with Crippen LogP contribution in [0, 0.1) is 0 Å². The molecule has 0 bridgehead atoms. The molecule has 28 heavy (non-hydrogen) atoms. The molecule has 2 N–H and O–H groups in total. The van der Waals surface area contributed by atoms with Gasteiger partial charge >= 0.3 is 11.8 Å². The Kier molecular flexibility index (Phi) is 5.86. The number of methoxy groups -OCH3 is 2. The largest absolute Gasteiger partial charge is 0.497 e. The van der Waals surface area contributed by atoms with Gasteiger partial charge in [-0.2, -0.15) is 5.10 Å². The molecular formula is C21H19N3O4. The molecule has 0 radical (unpaired) electrons. The zero-order valence-electron chi connectivity index (χ0n) is 15.4. The molecule has 142 valence electrons. The average molecular weight is 377 g/mol. The summed E-state index contributed by atoms with van der Waals surface area (Å²) >= 11 is 0. The van der Waals surface area contributed by atoms with Gasteiger partial charge in [-0.3, -0.25) is 9.59 Å². The zero-order chi connectivity index (χ0) is 19.9. The minimum Gasteiger partial charge on any atom is -0.497 e. The van der Waals surface area contributed by atoms with Gasteiger partial charge in [0.15, 0.2) is 0 Å². The minimum atomic E-state index is -0.878. The van der Waals surface area contributed by atoms with Crippen molar-refractivity contribution in [2.45, 2.75) is 0 Å². The first kappa shape index (κ1) is 18.9. The highest BCUT2D eigenvalue weighted by Crippen LogP contribution is 2.23. The van der Waals surface area contributed by atoms with E-state index in [0.29, 0.717) is 22.7 Å². The van der Waals surface area contributed by atoms with E-state index in [1.165, 1.54) is 13.3 Å². The van der Waals surface area contributed by atoms with Gasteiger partial charge in [0.2, 0.25) is 0 Å². The van der Waals surface area contributed by atoms with Crippen LogP contribution in [0.4, 0.5) is 5.69 Å². The Morgan fingerprint density at radius 2 is 1.71 bits per heavy atom. The van der Waals surface area contributed by atoms with Crippen molar-refractivity contribution in [3.05, 3.63) is 66.2 Å². The normalized spacial score (nSPS) is 10.6. The first-order valence-electron chi connectivity index (χ1n) is 8.46. The van der Waals surface area contributed by atoms with Crippen LogP contribution in [-0.2, 0) is 9.59 Å². The van der Waals surface area contributed by atoms with E-state index in [0.717, 1.165) is 10.8 Å². The van der Waals surface area contributed by atoms with Crippen LogP contribution < -0.4 is 20.2 Å². The summed E-state index contributed by atoms with van der Waals surface area (Å²) in [6, 6.07) is 18.2. The van der Waals surface area contributed by atoms with Gasteiger partial charge in [-0.05, 0) is 23.6 Å². The van der Waals surface area contributed by atoms with Gasteiger partial charge in [0.1, 0.15) is 11.5 Å². The highest BCUT2D eigenvalue weighted by Gasteiger charge is 2.14. The molecule has 0 unspecified atom stereocenters. The van der Waals surface area contributed by atoms with Crippen molar-refractivity contribution in [1.29, 1.82) is 0 Å². The number of nitrogens with zero attached hydrogens (tertiary/aromatic N) is 1. The lowest BCUT2D eigenvalue weighted by Crippen LogP contribution is -2.32. The second-order valence-electron chi connectivity index (χ2n) is 5.79. The Bertz CT molecular complexity index is 1040. The quantitative estimate of drug-likeness (QED) is 0.406. The molecule has 0 saturated heterocycles. The smallest absolute Gasteiger partial charge is 0.329 e. The molecular weight excluding hydrogens is 358 g/mol. The number of rotatable bonds is 5. The molecule has 0 fully saturated rings. The second kappa shape index (κ2) is 8.68. The van der Waals surface area contributed by atoms with E-state index in [1.54, 1.807) is 31.4 Å². The van der Waals surface area contributed by atoms with E-state index >= 15 is 0 Å². The number of amides is 2. The molecule has 3 rings (SSSR count). The van der Waals surface area contributed by atoms with Crippen molar-refractivity contribution < 1.29 is 19.1 Å². The van der Waals surface area contributed by atoms with Gasteiger partial charge in [-0.25, -0.2) is 5.43 Å². The summed E-state index contributed by atoms with van der Waals surface area (Å²) in [5.74, 6) is -0.531. The highest BCUT2D eigenvalue weighted by atomic mass is 16.5. The first-order chi connectivity index (χ1) is 13.6. The number of carbonyl (C=O) groups excluding carboxylic acids is 2. The molecule has 7 nitrogen and oxygen atoms in total. The molecule has 2 amide bonds. The third-order valence-corrected chi connectivity index (χ3v) is 4.05. The monoisotopic (exact) mass is 377 g/mol. The lowest BCUT2D eigenvalue weighted by molar-refractivity contribution is -0.136. The molecule has 0 saturated carbocycles. The fourth-order valence-corrected chi connectivity index (χ4v) is 2.65. The number of anilines is 1. The maximum atomic E-state index is 12.2. The first-order valence-corrected chi connectivity index (χ1v) is 8.46. The molecule has 7 heteroatoms. The Morgan fingerprint density at radius 1 is 0.929 bits per heavy atom. The van der Waals surface area contributed by atoms with E-state index in [1.807, 2.05) is 36.4 Å². The SMILES string of the molecule is COc1ccc(/C=N\NC(=O)C(=O)Nc2cccc3ccccc23)c(OC)c1. The van der Waals surface area contributed by atoms with E-state index in [-0.39, 0.29) is 0 Å². The third-order valence-electron chi connectivity index (χ3n) is 4.05. The maximum Gasteiger partial charge on any atom is 0.329 e. The fraction of sp³-hybridized carbons (Fsp3) is 0.0952. The number of fused-ring (bicyclic) bond motifs is 1. The topological polar surface area (TPSA) is 89.0 Å². The third kappa shape index (κ3) is 4.27. The lowest BCUT2D eigenvalue weighted by Gasteiger charge is -2.08. The molecule has 3 aromatic carbocycles. The van der Waals surface area contributed by atoms with E-state index in [4.69, 9.17) is 9.47 Å². The summed E-state index contributed by atoms with van der Waals surface area (Å²) in [5.41, 5.74) is 3.39. The van der Waals surface area contributed by atoms with Crippen LogP contribution >= 0.6 is 0 Å². The number of hydrazone groups is 1. The van der Waals surface area contributed by atoms with Crippen molar-refractivity contribution in [1.82, 2.24) is 5.43 Å². The summed E-state index contributed by atoms with van der Waals surface area (Å²) in [4.78, 5) is 24.2. The Balaban J connectivity index is 1.66. The van der Waals surface area contributed by atoms with Crippen LogP contribution in [0.1, 0.15) is 5.56 Å². The van der Waals surface area contributed by atoms with Crippen LogP contribution in [0.25, 0.3) is 10.8 Å². The summed E-state index contributed by atoms with van der Waals surface area (Å²) in [6.07, 6.45) is 1.39. The highest BCUT2D eigenvalue weighted by molar-refractivity contribution is 6.40. The molecule has 0 heterocycles. The van der Waals surface area contributed by atoms with Gasteiger partial charge in [0, 0.05) is 22.7 Å². The summed E-state index contributed by atoms with van der Waals surface area (Å²) in [7, 11) is 3.07. The zero-order valence-corrected chi connectivity index (χ0v) is 15.4. The summed E-state index contributed by atoms with van der Waals surface area (Å²) < 4.78 is 10.4. The number of hydrogen-bond acceptors (Lipinski definition) is 5. The summed E-state index contributed by atoms with van der Waals surface area (Å²) in [6.45, 7) is 0. The minimum absolute atomic E-state index is 0.526. The van der Waals surface area contributed by atoms with Crippen LogP contribution in [0.5, 0.6) is 11.5 Å². The Labute approximate surface area is 162 Å². The number of hydrogen-bond donors (Lipinski definition) is 2. The number of carbonyl (C=O) groups is 2. The second-order valence-corrected chi connectivity index (χ2v) is 5.79. The Morgan fingerprint density at radius 3 is 2.50 bits per heavy atom. The van der Waals surface area contributed by atoms with E-state index in [2.05, 4.69) is 15.8 Å². The van der Waals surface area contributed by atoms with Gasteiger partial charge in [-0.15, -0.1) is 0 Å². The van der Waals surface area contributed by atoms with Gasteiger partial charge in [0.05, 0.1) is 20.4 Å². The van der Waals surface area contributed by atoms with Crippen molar-refractivity contribution in [3.63, 3.8) is 0 Å². The molecule has 0 aliphatic heterocycles. The van der Waals surface area contributed by atoms with Crippen LogP contribution in [0.3, 0.4) is 0 Å². The molecule has 3 aromatic rings. The lowest BCUT2D eigenvalue weighted by atomic mass is 10.1. The fourth-order valence-electron chi connectivity index (χ4n) is 2.65. The van der Waals surface area contributed by atoms with Gasteiger partial charge in [0.25, 0.3) is 0 Å². The van der Waals surface area contributed by atoms with Crippen molar-refractivity contribution in [3.8, 4) is 11.5 Å². The van der Waals surface area contributed by atoms with Crippen molar-refractivity contribution >= 4 is 34.5 Å². The van der Waals surface area contributed by atoms with E-state index < -0.39 is 11.8 Å².